The number of hydrogen-bond acceptors (Lipinski definition) is 4. The Balaban J connectivity index is 1.59. The maximum atomic E-state index is 12.6. The number of anilines is 1. The molecule has 136 valence electrons. The molecule has 1 atom stereocenters. The van der Waals surface area contributed by atoms with E-state index in [-0.39, 0.29) is 17.9 Å². The third kappa shape index (κ3) is 4.35. The smallest absolute Gasteiger partial charge is 0.317 e. The summed E-state index contributed by atoms with van der Waals surface area (Å²) in [5.41, 5.74) is 0.655. The van der Waals surface area contributed by atoms with E-state index < -0.39 is 0 Å². The minimum Gasteiger partial charge on any atom is -0.493 e. The summed E-state index contributed by atoms with van der Waals surface area (Å²) >= 11 is 0. The zero-order valence-corrected chi connectivity index (χ0v) is 14.7. The molecule has 3 amide bonds. The number of carbonyl (C=O) groups excluding carboxylic acids is 2. The average Bonchev–Trinajstić information content (AvgIpc) is 3.45. The normalized spacial score (nSPS) is 19.9. The molecule has 2 aliphatic rings. The quantitative estimate of drug-likeness (QED) is 0.856. The summed E-state index contributed by atoms with van der Waals surface area (Å²) in [5, 5.41) is 5.90. The summed E-state index contributed by atoms with van der Waals surface area (Å²) < 4.78 is 10.5. The van der Waals surface area contributed by atoms with Crippen molar-refractivity contribution in [3.8, 4) is 11.5 Å². The highest BCUT2D eigenvalue weighted by Gasteiger charge is 2.31. The lowest BCUT2D eigenvalue weighted by Gasteiger charge is -2.32. The van der Waals surface area contributed by atoms with Crippen LogP contribution in [-0.2, 0) is 4.79 Å². The monoisotopic (exact) mass is 347 g/mol. The standard InChI is InChI=1S/C18H25N3O4/c1-24-15-8-7-14(10-16(15)25-2)19-17(22)12-4-3-9-21(11-12)18(23)20-13-5-6-13/h7-8,10,12-13H,3-6,9,11H2,1-2H3,(H,19,22)(H,20,23). The van der Waals surface area contributed by atoms with Gasteiger partial charge in [-0.3, -0.25) is 4.79 Å². The molecule has 1 aromatic rings. The first kappa shape index (κ1) is 17.4. The average molecular weight is 347 g/mol. The van der Waals surface area contributed by atoms with Crippen LogP contribution in [0.5, 0.6) is 11.5 Å². The highest BCUT2D eigenvalue weighted by molar-refractivity contribution is 5.93. The van der Waals surface area contributed by atoms with Gasteiger partial charge in [0.2, 0.25) is 5.91 Å². The van der Waals surface area contributed by atoms with Crippen molar-refractivity contribution in [1.82, 2.24) is 10.2 Å². The number of amides is 3. The third-order valence-electron chi connectivity index (χ3n) is 4.64. The van der Waals surface area contributed by atoms with Gasteiger partial charge in [-0.1, -0.05) is 0 Å². The molecule has 2 N–H and O–H groups in total. The van der Waals surface area contributed by atoms with E-state index in [4.69, 9.17) is 9.47 Å². The van der Waals surface area contributed by atoms with Crippen molar-refractivity contribution in [2.75, 3.05) is 32.6 Å². The van der Waals surface area contributed by atoms with Crippen molar-refractivity contribution in [3.05, 3.63) is 18.2 Å². The summed E-state index contributed by atoms with van der Waals surface area (Å²) in [4.78, 5) is 26.5. The molecule has 1 aliphatic heterocycles. The second-order valence-corrected chi connectivity index (χ2v) is 6.57. The number of benzene rings is 1. The van der Waals surface area contributed by atoms with Gasteiger partial charge in [0, 0.05) is 30.9 Å². The Morgan fingerprint density at radius 3 is 2.56 bits per heavy atom. The fourth-order valence-corrected chi connectivity index (χ4v) is 3.03. The predicted octanol–water partition coefficient (Wildman–Crippen LogP) is 2.23. The van der Waals surface area contributed by atoms with Crippen molar-refractivity contribution in [1.29, 1.82) is 0 Å². The highest BCUT2D eigenvalue weighted by Crippen LogP contribution is 2.30. The van der Waals surface area contributed by atoms with Crippen LogP contribution >= 0.6 is 0 Å². The number of nitrogens with one attached hydrogen (secondary N) is 2. The lowest BCUT2D eigenvalue weighted by Crippen LogP contribution is -2.48. The van der Waals surface area contributed by atoms with Crippen LogP contribution in [0.15, 0.2) is 18.2 Å². The Kier molecular flexibility index (Phi) is 5.31. The van der Waals surface area contributed by atoms with Crippen LogP contribution in [0.3, 0.4) is 0 Å². The maximum Gasteiger partial charge on any atom is 0.317 e. The fourth-order valence-electron chi connectivity index (χ4n) is 3.03. The second kappa shape index (κ2) is 7.63. The first-order chi connectivity index (χ1) is 12.1. The van der Waals surface area contributed by atoms with Crippen molar-refractivity contribution >= 4 is 17.6 Å². The van der Waals surface area contributed by atoms with Gasteiger partial charge in [-0.05, 0) is 37.8 Å². The van der Waals surface area contributed by atoms with Gasteiger partial charge < -0.3 is 25.0 Å². The lowest BCUT2D eigenvalue weighted by atomic mass is 9.97. The molecule has 1 unspecified atom stereocenters. The summed E-state index contributed by atoms with van der Waals surface area (Å²) in [6.45, 7) is 1.16. The van der Waals surface area contributed by atoms with Crippen LogP contribution in [0.25, 0.3) is 0 Å². The zero-order valence-electron chi connectivity index (χ0n) is 14.7. The fraction of sp³-hybridized carbons (Fsp3) is 0.556. The number of urea groups is 1. The summed E-state index contributed by atoms with van der Waals surface area (Å²) in [6, 6.07) is 5.54. The van der Waals surface area contributed by atoms with Crippen molar-refractivity contribution < 1.29 is 19.1 Å². The lowest BCUT2D eigenvalue weighted by molar-refractivity contribution is -0.121. The van der Waals surface area contributed by atoms with Crippen molar-refractivity contribution in [2.45, 2.75) is 31.7 Å². The molecule has 0 aromatic heterocycles. The molecule has 7 heteroatoms. The topological polar surface area (TPSA) is 79.9 Å². The van der Waals surface area contributed by atoms with E-state index in [2.05, 4.69) is 10.6 Å². The number of methoxy groups -OCH3 is 2. The molecule has 0 bridgehead atoms. The first-order valence-corrected chi connectivity index (χ1v) is 8.69. The number of nitrogens with zero attached hydrogens (tertiary/aromatic N) is 1. The first-order valence-electron chi connectivity index (χ1n) is 8.69. The molecule has 1 aromatic carbocycles. The molecule has 0 spiro atoms. The number of carbonyl (C=O) groups is 2. The van der Waals surface area contributed by atoms with Gasteiger partial charge in [0.05, 0.1) is 20.1 Å². The van der Waals surface area contributed by atoms with Crippen LogP contribution < -0.4 is 20.1 Å². The summed E-state index contributed by atoms with van der Waals surface area (Å²) in [5.74, 6) is 0.901. The van der Waals surface area contributed by atoms with Gasteiger partial charge in [0.1, 0.15) is 0 Å². The van der Waals surface area contributed by atoms with Crippen molar-refractivity contribution in [3.63, 3.8) is 0 Å². The number of likely N-dealkylation sites (tertiary alicyclic amines) is 1. The van der Waals surface area contributed by atoms with E-state index in [0.717, 1.165) is 25.7 Å². The molecule has 3 rings (SSSR count). The zero-order chi connectivity index (χ0) is 17.8. The highest BCUT2D eigenvalue weighted by atomic mass is 16.5. The molecule has 7 nitrogen and oxygen atoms in total. The minimum atomic E-state index is -0.202. The predicted molar refractivity (Wildman–Crippen MR) is 94.0 cm³/mol. The van der Waals surface area contributed by atoms with Gasteiger partial charge in [-0.15, -0.1) is 0 Å². The molecular formula is C18H25N3O4. The Bertz CT molecular complexity index is 645. The van der Waals surface area contributed by atoms with Crippen LogP contribution in [0.2, 0.25) is 0 Å². The molecule has 1 saturated carbocycles. The number of ether oxygens (including phenoxy) is 2. The van der Waals surface area contributed by atoms with Crippen LogP contribution in [0.1, 0.15) is 25.7 Å². The third-order valence-corrected chi connectivity index (χ3v) is 4.64. The second-order valence-electron chi connectivity index (χ2n) is 6.57. The summed E-state index contributed by atoms with van der Waals surface area (Å²) in [7, 11) is 3.13. The van der Waals surface area contributed by atoms with E-state index >= 15 is 0 Å². The van der Waals surface area contributed by atoms with E-state index in [1.807, 2.05) is 0 Å². The van der Waals surface area contributed by atoms with Crippen LogP contribution in [-0.4, -0.2) is 50.2 Å². The van der Waals surface area contributed by atoms with Gasteiger partial charge in [-0.25, -0.2) is 4.79 Å². The van der Waals surface area contributed by atoms with Crippen molar-refractivity contribution in [2.24, 2.45) is 5.92 Å². The van der Waals surface area contributed by atoms with E-state index in [1.54, 1.807) is 37.3 Å². The minimum absolute atomic E-state index is 0.0499. The SMILES string of the molecule is COc1ccc(NC(=O)C2CCCN(C(=O)NC3CC3)C2)cc1OC. The maximum absolute atomic E-state index is 12.6. The van der Waals surface area contributed by atoms with E-state index in [0.29, 0.717) is 36.3 Å². The molecular weight excluding hydrogens is 322 g/mol. The number of rotatable bonds is 5. The van der Waals surface area contributed by atoms with Gasteiger partial charge in [-0.2, -0.15) is 0 Å². The van der Waals surface area contributed by atoms with Crippen LogP contribution in [0.4, 0.5) is 10.5 Å². The summed E-state index contributed by atoms with van der Waals surface area (Å²) in [6.07, 6.45) is 3.74. The Morgan fingerprint density at radius 1 is 1.12 bits per heavy atom. The molecule has 0 radical (unpaired) electrons. The molecule has 2 fully saturated rings. The Morgan fingerprint density at radius 2 is 1.88 bits per heavy atom. The van der Waals surface area contributed by atoms with Gasteiger partial charge in [0.15, 0.2) is 11.5 Å². The van der Waals surface area contributed by atoms with Gasteiger partial charge in [0.25, 0.3) is 0 Å². The number of hydrogen-bond donors (Lipinski definition) is 2. The molecule has 1 heterocycles. The van der Waals surface area contributed by atoms with E-state index in [9.17, 15) is 9.59 Å². The molecule has 1 saturated heterocycles. The Hall–Kier alpha value is -2.44. The Labute approximate surface area is 147 Å². The number of piperidine rings is 1. The van der Waals surface area contributed by atoms with Crippen LogP contribution in [0, 0.1) is 5.92 Å². The largest absolute Gasteiger partial charge is 0.493 e. The van der Waals surface area contributed by atoms with E-state index in [1.165, 1.54) is 0 Å². The molecule has 1 aliphatic carbocycles. The molecule has 25 heavy (non-hydrogen) atoms. The van der Waals surface area contributed by atoms with Gasteiger partial charge >= 0.3 is 6.03 Å².